The first kappa shape index (κ1) is 22.9. The summed E-state index contributed by atoms with van der Waals surface area (Å²) in [6.07, 6.45) is 1.44. The van der Waals surface area contributed by atoms with E-state index in [1.54, 1.807) is 12.1 Å². The van der Waals surface area contributed by atoms with Gasteiger partial charge in [-0.05, 0) is 72.8 Å². The number of amides is 1. The molecule has 0 unspecified atom stereocenters. The third kappa shape index (κ3) is 7.16. The monoisotopic (exact) mass is 462 g/mol. The van der Waals surface area contributed by atoms with E-state index in [2.05, 4.69) is 10.0 Å². The van der Waals surface area contributed by atoms with Crippen LogP contribution in [-0.4, -0.2) is 27.5 Å². The average Bonchev–Trinajstić information content (AvgIpc) is 3.30. The van der Waals surface area contributed by atoms with Crippen molar-refractivity contribution < 1.29 is 22.3 Å². The van der Waals surface area contributed by atoms with Crippen molar-refractivity contribution in [3.63, 3.8) is 0 Å². The lowest BCUT2D eigenvalue weighted by Gasteiger charge is -2.09. The molecule has 1 heterocycles. The standard InChI is InChI=1S/C22H23FN2O4S2/c23-18-7-9-19(10-8-18)29-14-2-1-13-24-22(26)17-5-11-21(12-6-17)31(27,28)25-16-20-4-3-15-30-20/h3-12,15,25H,1-2,13-14,16H2,(H,24,26). The van der Waals surface area contributed by atoms with Crippen LogP contribution in [0.2, 0.25) is 0 Å². The van der Waals surface area contributed by atoms with E-state index in [1.165, 1.54) is 47.7 Å². The molecule has 9 heteroatoms. The van der Waals surface area contributed by atoms with E-state index in [1.807, 2.05) is 17.5 Å². The first-order chi connectivity index (χ1) is 14.9. The molecule has 0 aliphatic rings. The van der Waals surface area contributed by atoms with Gasteiger partial charge in [0.1, 0.15) is 11.6 Å². The van der Waals surface area contributed by atoms with Crippen molar-refractivity contribution in [2.45, 2.75) is 24.3 Å². The minimum absolute atomic E-state index is 0.110. The summed E-state index contributed by atoms with van der Waals surface area (Å²) in [7, 11) is -3.64. The van der Waals surface area contributed by atoms with E-state index in [-0.39, 0.29) is 23.2 Å². The minimum atomic E-state index is -3.64. The summed E-state index contributed by atoms with van der Waals surface area (Å²) >= 11 is 1.48. The number of nitrogens with one attached hydrogen (secondary N) is 2. The highest BCUT2D eigenvalue weighted by Gasteiger charge is 2.15. The number of carbonyl (C=O) groups is 1. The van der Waals surface area contributed by atoms with Crippen LogP contribution in [0.1, 0.15) is 28.1 Å². The summed E-state index contributed by atoms with van der Waals surface area (Å²) in [5.74, 6) is 0.0237. The molecule has 0 saturated heterocycles. The van der Waals surface area contributed by atoms with Gasteiger partial charge in [-0.3, -0.25) is 4.79 Å². The van der Waals surface area contributed by atoms with Gasteiger partial charge in [0.25, 0.3) is 5.91 Å². The van der Waals surface area contributed by atoms with Gasteiger partial charge in [0, 0.05) is 23.5 Å². The molecule has 0 saturated carbocycles. The fourth-order valence-corrected chi connectivity index (χ4v) is 4.44. The van der Waals surface area contributed by atoms with Gasteiger partial charge in [0.15, 0.2) is 0 Å². The number of ether oxygens (including phenoxy) is 1. The fourth-order valence-electron chi connectivity index (χ4n) is 2.70. The molecule has 3 rings (SSSR count). The second-order valence-corrected chi connectivity index (χ2v) is 9.49. The number of halogens is 1. The largest absolute Gasteiger partial charge is 0.494 e. The van der Waals surface area contributed by atoms with Crippen LogP contribution in [0, 0.1) is 5.82 Å². The maximum Gasteiger partial charge on any atom is 0.251 e. The van der Waals surface area contributed by atoms with Gasteiger partial charge < -0.3 is 10.1 Å². The van der Waals surface area contributed by atoms with Crippen molar-refractivity contribution >= 4 is 27.3 Å². The van der Waals surface area contributed by atoms with Gasteiger partial charge in [-0.2, -0.15) is 0 Å². The summed E-state index contributed by atoms with van der Waals surface area (Å²) in [5, 5.41) is 4.68. The van der Waals surface area contributed by atoms with Crippen molar-refractivity contribution in [3.8, 4) is 5.75 Å². The summed E-state index contributed by atoms with van der Waals surface area (Å²) in [5.41, 5.74) is 0.389. The molecule has 1 amide bonds. The number of rotatable bonds is 11. The fraction of sp³-hybridized carbons (Fsp3) is 0.227. The Kier molecular flexibility index (Phi) is 8.16. The Labute approximate surface area is 185 Å². The Morgan fingerprint density at radius 3 is 2.42 bits per heavy atom. The van der Waals surface area contributed by atoms with E-state index in [9.17, 15) is 17.6 Å². The lowest BCUT2D eigenvalue weighted by molar-refractivity contribution is 0.0952. The SMILES string of the molecule is O=C(NCCCCOc1ccc(F)cc1)c1ccc(S(=O)(=O)NCc2cccs2)cc1. The van der Waals surface area contributed by atoms with E-state index >= 15 is 0 Å². The van der Waals surface area contributed by atoms with Crippen LogP contribution in [-0.2, 0) is 16.6 Å². The number of thiophene rings is 1. The van der Waals surface area contributed by atoms with Gasteiger partial charge in [0.05, 0.1) is 11.5 Å². The Bertz CT molecular complexity index is 1070. The lowest BCUT2D eigenvalue weighted by Crippen LogP contribution is -2.25. The molecule has 0 radical (unpaired) electrons. The predicted octanol–water partition coefficient (Wildman–Crippen LogP) is 3.95. The van der Waals surface area contributed by atoms with Crippen molar-refractivity contribution in [1.82, 2.24) is 10.0 Å². The van der Waals surface area contributed by atoms with Crippen LogP contribution in [0.3, 0.4) is 0 Å². The highest BCUT2D eigenvalue weighted by Crippen LogP contribution is 2.14. The zero-order valence-electron chi connectivity index (χ0n) is 16.7. The molecular weight excluding hydrogens is 439 g/mol. The number of hydrogen-bond acceptors (Lipinski definition) is 5. The molecule has 0 bridgehead atoms. The molecule has 0 fully saturated rings. The molecule has 31 heavy (non-hydrogen) atoms. The van der Waals surface area contributed by atoms with Gasteiger partial charge >= 0.3 is 0 Å². The zero-order valence-corrected chi connectivity index (χ0v) is 18.3. The lowest BCUT2D eigenvalue weighted by atomic mass is 10.2. The van der Waals surface area contributed by atoms with Crippen molar-refractivity contribution in [1.29, 1.82) is 0 Å². The van der Waals surface area contributed by atoms with Crippen LogP contribution in [0.25, 0.3) is 0 Å². The van der Waals surface area contributed by atoms with Crippen LogP contribution in [0.4, 0.5) is 4.39 Å². The number of benzene rings is 2. The summed E-state index contributed by atoms with van der Waals surface area (Å²) < 4.78 is 45.6. The second-order valence-electron chi connectivity index (χ2n) is 6.69. The molecule has 1 aromatic heterocycles. The van der Waals surface area contributed by atoms with E-state index in [0.717, 1.165) is 11.3 Å². The third-order valence-electron chi connectivity index (χ3n) is 4.38. The maximum atomic E-state index is 12.8. The quantitative estimate of drug-likeness (QED) is 0.423. The molecule has 0 atom stereocenters. The molecule has 3 aromatic rings. The van der Waals surface area contributed by atoms with Crippen molar-refractivity contribution in [3.05, 3.63) is 82.3 Å². The number of carbonyl (C=O) groups excluding carboxylic acids is 1. The smallest absolute Gasteiger partial charge is 0.251 e. The molecule has 6 nitrogen and oxygen atoms in total. The second kappa shape index (κ2) is 11.0. The highest BCUT2D eigenvalue weighted by molar-refractivity contribution is 7.89. The Hall–Kier alpha value is -2.75. The summed E-state index contributed by atoms with van der Waals surface area (Å²) in [6.45, 7) is 1.16. The molecular formula is C22H23FN2O4S2. The molecule has 0 aliphatic carbocycles. The Morgan fingerprint density at radius 1 is 1.00 bits per heavy atom. The first-order valence-electron chi connectivity index (χ1n) is 9.73. The van der Waals surface area contributed by atoms with E-state index < -0.39 is 10.0 Å². The number of unbranched alkanes of at least 4 members (excludes halogenated alkanes) is 1. The van der Waals surface area contributed by atoms with Crippen LogP contribution in [0.15, 0.2) is 70.9 Å². The Morgan fingerprint density at radius 2 is 1.74 bits per heavy atom. The van der Waals surface area contributed by atoms with Crippen LogP contribution < -0.4 is 14.8 Å². The first-order valence-corrected chi connectivity index (χ1v) is 12.1. The normalized spacial score (nSPS) is 11.3. The van der Waals surface area contributed by atoms with Crippen LogP contribution in [0.5, 0.6) is 5.75 Å². The topological polar surface area (TPSA) is 84.5 Å². The van der Waals surface area contributed by atoms with Crippen molar-refractivity contribution in [2.75, 3.05) is 13.2 Å². The third-order valence-corrected chi connectivity index (χ3v) is 6.68. The zero-order chi connectivity index (χ0) is 22.1. The molecule has 2 N–H and O–H groups in total. The van der Waals surface area contributed by atoms with Crippen molar-refractivity contribution in [2.24, 2.45) is 0 Å². The molecule has 164 valence electrons. The number of hydrogen-bond donors (Lipinski definition) is 2. The summed E-state index contributed by atoms with van der Waals surface area (Å²) in [4.78, 5) is 13.3. The summed E-state index contributed by atoms with van der Waals surface area (Å²) in [6, 6.07) is 15.4. The highest BCUT2D eigenvalue weighted by atomic mass is 32.2. The minimum Gasteiger partial charge on any atom is -0.494 e. The van der Waals surface area contributed by atoms with Gasteiger partial charge in [-0.15, -0.1) is 11.3 Å². The number of sulfonamides is 1. The molecule has 0 aliphatic heterocycles. The maximum absolute atomic E-state index is 12.8. The molecule has 2 aromatic carbocycles. The molecule has 0 spiro atoms. The van der Waals surface area contributed by atoms with Gasteiger partial charge in [-0.25, -0.2) is 17.5 Å². The van der Waals surface area contributed by atoms with E-state index in [0.29, 0.717) is 30.9 Å². The van der Waals surface area contributed by atoms with Gasteiger partial charge in [-0.1, -0.05) is 6.07 Å². The van der Waals surface area contributed by atoms with Crippen LogP contribution >= 0.6 is 11.3 Å². The van der Waals surface area contributed by atoms with E-state index in [4.69, 9.17) is 4.74 Å². The Balaban J connectivity index is 1.38. The predicted molar refractivity (Wildman–Crippen MR) is 118 cm³/mol. The average molecular weight is 463 g/mol. The van der Waals surface area contributed by atoms with Gasteiger partial charge in [0.2, 0.25) is 10.0 Å².